The highest BCUT2D eigenvalue weighted by molar-refractivity contribution is 7.11. The number of rotatable bonds is 4. The Balaban J connectivity index is 2.20. The summed E-state index contributed by atoms with van der Waals surface area (Å²) in [5, 5.41) is 0. The zero-order valence-corrected chi connectivity index (χ0v) is 11.6. The molecule has 90 valence electrons. The molecule has 0 fully saturated rings. The van der Waals surface area contributed by atoms with Gasteiger partial charge in [0.15, 0.2) is 0 Å². The van der Waals surface area contributed by atoms with E-state index in [0.717, 1.165) is 13.0 Å². The van der Waals surface area contributed by atoms with Gasteiger partial charge in [0.25, 0.3) is 0 Å². The smallest absolute Gasteiger partial charge is 0.0230 e. The number of hydrogen-bond donors (Lipinski definition) is 0. The Morgan fingerprint density at radius 2 is 1.71 bits per heavy atom. The van der Waals surface area contributed by atoms with E-state index in [2.05, 4.69) is 62.3 Å². The maximum Gasteiger partial charge on any atom is 0.0230 e. The molecular formula is C15H19NS. The minimum atomic E-state index is 1.01. The largest absolute Gasteiger partial charge is 0.305 e. The Kier molecular flexibility index (Phi) is 3.97. The van der Waals surface area contributed by atoms with Crippen LogP contribution in [-0.2, 0) is 13.0 Å². The first-order chi connectivity index (χ1) is 8.15. The van der Waals surface area contributed by atoms with E-state index < -0.39 is 0 Å². The predicted molar refractivity (Wildman–Crippen MR) is 75.7 cm³/mol. The van der Waals surface area contributed by atoms with Crippen LogP contribution in [0.2, 0.25) is 0 Å². The molecule has 0 aliphatic rings. The van der Waals surface area contributed by atoms with E-state index in [0.29, 0.717) is 0 Å². The third-order valence-electron chi connectivity index (χ3n) is 2.77. The highest BCUT2D eigenvalue weighted by Crippen LogP contribution is 2.21. The van der Waals surface area contributed by atoms with Gasteiger partial charge >= 0.3 is 0 Å². The Hall–Kier alpha value is -1.12. The van der Waals surface area contributed by atoms with Gasteiger partial charge in [0, 0.05) is 22.7 Å². The molecule has 2 rings (SSSR count). The summed E-state index contributed by atoms with van der Waals surface area (Å²) in [6, 6.07) is 13.2. The van der Waals surface area contributed by atoms with E-state index in [1.807, 2.05) is 11.3 Å². The van der Waals surface area contributed by atoms with Crippen molar-refractivity contribution in [2.75, 3.05) is 14.1 Å². The second-order valence-corrected chi connectivity index (χ2v) is 6.07. The lowest BCUT2D eigenvalue weighted by Gasteiger charge is -2.13. The lowest BCUT2D eigenvalue weighted by Crippen LogP contribution is -2.12. The van der Waals surface area contributed by atoms with E-state index in [1.165, 1.54) is 20.9 Å². The van der Waals surface area contributed by atoms with E-state index >= 15 is 0 Å². The fourth-order valence-electron chi connectivity index (χ4n) is 1.99. The van der Waals surface area contributed by atoms with Gasteiger partial charge in [-0.3, -0.25) is 0 Å². The monoisotopic (exact) mass is 245 g/mol. The first kappa shape index (κ1) is 12.3. The summed E-state index contributed by atoms with van der Waals surface area (Å²) in [7, 11) is 4.23. The van der Waals surface area contributed by atoms with Crippen LogP contribution in [0.4, 0.5) is 0 Å². The summed E-state index contributed by atoms with van der Waals surface area (Å²) in [6.07, 6.45) is 1.06. The van der Waals surface area contributed by atoms with Gasteiger partial charge in [0.05, 0.1) is 0 Å². The van der Waals surface area contributed by atoms with Crippen LogP contribution in [-0.4, -0.2) is 19.0 Å². The highest BCUT2D eigenvalue weighted by Gasteiger charge is 2.05. The molecule has 0 saturated heterocycles. The lowest BCUT2D eigenvalue weighted by molar-refractivity contribution is 0.401. The zero-order chi connectivity index (χ0) is 12.3. The van der Waals surface area contributed by atoms with Gasteiger partial charge in [-0.05, 0) is 44.3 Å². The fraction of sp³-hybridized carbons (Fsp3) is 0.333. The maximum atomic E-state index is 2.24. The zero-order valence-electron chi connectivity index (χ0n) is 10.7. The van der Waals surface area contributed by atoms with Gasteiger partial charge in [-0.1, -0.05) is 24.3 Å². The summed E-state index contributed by atoms with van der Waals surface area (Å²) in [4.78, 5) is 5.07. The molecule has 1 nitrogen and oxygen atoms in total. The van der Waals surface area contributed by atoms with Crippen LogP contribution in [0.25, 0.3) is 0 Å². The van der Waals surface area contributed by atoms with E-state index in [9.17, 15) is 0 Å². The summed E-state index contributed by atoms with van der Waals surface area (Å²) in [5.41, 5.74) is 2.88. The van der Waals surface area contributed by atoms with Crippen molar-refractivity contribution in [3.8, 4) is 0 Å². The second-order valence-electron chi connectivity index (χ2n) is 4.70. The lowest BCUT2D eigenvalue weighted by atomic mass is 10.0. The molecule has 0 spiro atoms. The first-order valence-electron chi connectivity index (χ1n) is 5.92. The third kappa shape index (κ3) is 3.42. The number of thiophene rings is 1. The Morgan fingerprint density at radius 3 is 2.29 bits per heavy atom. The molecule has 0 aliphatic heterocycles. The van der Waals surface area contributed by atoms with Crippen LogP contribution in [0.3, 0.4) is 0 Å². The molecule has 0 N–H and O–H groups in total. The van der Waals surface area contributed by atoms with Crippen LogP contribution in [0.15, 0.2) is 36.4 Å². The van der Waals surface area contributed by atoms with E-state index in [-0.39, 0.29) is 0 Å². The van der Waals surface area contributed by atoms with Gasteiger partial charge in [-0.2, -0.15) is 0 Å². The molecule has 1 aromatic carbocycles. The van der Waals surface area contributed by atoms with Gasteiger partial charge in [-0.25, -0.2) is 0 Å². The van der Waals surface area contributed by atoms with Crippen molar-refractivity contribution in [3.05, 3.63) is 57.3 Å². The highest BCUT2D eigenvalue weighted by atomic mass is 32.1. The number of aryl methyl sites for hydroxylation is 1. The van der Waals surface area contributed by atoms with Crippen molar-refractivity contribution < 1.29 is 0 Å². The van der Waals surface area contributed by atoms with Crippen LogP contribution < -0.4 is 0 Å². The van der Waals surface area contributed by atoms with Crippen molar-refractivity contribution in [2.24, 2.45) is 0 Å². The van der Waals surface area contributed by atoms with Crippen molar-refractivity contribution in [1.29, 1.82) is 0 Å². The molecule has 1 aromatic heterocycles. The van der Waals surface area contributed by atoms with Gasteiger partial charge in [-0.15, -0.1) is 11.3 Å². The van der Waals surface area contributed by atoms with Crippen LogP contribution >= 0.6 is 11.3 Å². The summed E-state index contributed by atoms with van der Waals surface area (Å²) in [6.45, 7) is 3.18. The van der Waals surface area contributed by atoms with Crippen molar-refractivity contribution >= 4 is 11.3 Å². The van der Waals surface area contributed by atoms with Gasteiger partial charge < -0.3 is 4.90 Å². The molecule has 1 heterocycles. The van der Waals surface area contributed by atoms with Crippen LogP contribution in [0.5, 0.6) is 0 Å². The first-order valence-corrected chi connectivity index (χ1v) is 6.73. The van der Waals surface area contributed by atoms with E-state index in [4.69, 9.17) is 0 Å². The van der Waals surface area contributed by atoms with Crippen molar-refractivity contribution in [1.82, 2.24) is 4.90 Å². The summed E-state index contributed by atoms with van der Waals surface area (Å²) in [5.74, 6) is 0. The Bertz CT molecular complexity index is 485. The topological polar surface area (TPSA) is 3.24 Å². The minimum Gasteiger partial charge on any atom is -0.305 e. The molecule has 0 amide bonds. The second kappa shape index (κ2) is 5.48. The third-order valence-corrected chi connectivity index (χ3v) is 3.77. The quantitative estimate of drug-likeness (QED) is 0.793. The van der Waals surface area contributed by atoms with Crippen molar-refractivity contribution in [2.45, 2.75) is 19.9 Å². The molecule has 0 radical (unpaired) electrons. The summed E-state index contributed by atoms with van der Waals surface area (Å²) >= 11 is 1.90. The van der Waals surface area contributed by atoms with E-state index in [1.54, 1.807) is 0 Å². The number of benzene rings is 1. The molecule has 0 aliphatic carbocycles. The average Bonchev–Trinajstić information content (AvgIpc) is 2.66. The number of nitrogens with zero attached hydrogens (tertiary/aromatic N) is 1. The minimum absolute atomic E-state index is 1.01. The molecule has 0 saturated carbocycles. The predicted octanol–water partition coefficient (Wildman–Crippen LogP) is 3.71. The number of hydrogen-bond acceptors (Lipinski definition) is 2. The SMILES string of the molecule is Cc1ccc(Cc2ccccc2CN(C)C)s1. The fourth-order valence-corrected chi connectivity index (χ4v) is 2.91. The molecular weight excluding hydrogens is 226 g/mol. The molecule has 2 heteroatoms. The Morgan fingerprint density at radius 1 is 1.00 bits per heavy atom. The van der Waals surface area contributed by atoms with Gasteiger partial charge in [0.1, 0.15) is 0 Å². The molecule has 0 atom stereocenters. The Labute approximate surface area is 108 Å². The summed E-state index contributed by atoms with van der Waals surface area (Å²) < 4.78 is 0. The maximum absolute atomic E-state index is 2.24. The molecule has 0 bridgehead atoms. The normalized spacial score (nSPS) is 11.1. The molecule has 0 unspecified atom stereocenters. The molecule has 17 heavy (non-hydrogen) atoms. The van der Waals surface area contributed by atoms with Gasteiger partial charge in [0.2, 0.25) is 0 Å². The van der Waals surface area contributed by atoms with Crippen LogP contribution in [0.1, 0.15) is 20.9 Å². The molecule has 2 aromatic rings. The standard InChI is InChI=1S/C15H19NS/c1-12-8-9-15(17-12)10-13-6-4-5-7-14(13)11-16(2)3/h4-9H,10-11H2,1-3H3. The average molecular weight is 245 g/mol. The van der Waals surface area contributed by atoms with Crippen molar-refractivity contribution in [3.63, 3.8) is 0 Å². The van der Waals surface area contributed by atoms with Crippen LogP contribution in [0, 0.1) is 6.92 Å².